The van der Waals surface area contributed by atoms with E-state index in [1.165, 1.54) is 0 Å². The summed E-state index contributed by atoms with van der Waals surface area (Å²) in [5.41, 5.74) is 0.650. The molecule has 0 radical (unpaired) electrons. The third-order valence-corrected chi connectivity index (χ3v) is 6.10. The molecule has 1 atom stereocenters. The maximum Gasteiger partial charge on any atom is 0.254 e. The number of aromatic nitrogens is 2. The topological polar surface area (TPSA) is 55.2 Å². The monoisotopic (exact) mass is 349 g/mol. The predicted octanol–water partition coefficient (Wildman–Crippen LogP) is 2.84. The maximum absolute atomic E-state index is 12.6. The summed E-state index contributed by atoms with van der Waals surface area (Å²) >= 11 is 1.59. The van der Waals surface area contributed by atoms with Crippen LogP contribution in [-0.2, 0) is 10.2 Å². The minimum absolute atomic E-state index is 0.0278. The average Bonchev–Trinajstić information content (AvgIpc) is 2.90. The van der Waals surface area contributed by atoms with Crippen LogP contribution in [0, 0.1) is 5.92 Å². The van der Waals surface area contributed by atoms with Gasteiger partial charge in [0.25, 0.3) is 5.56 Å². The lowest BCUT2D eigenvalue weighted by Crippen LogP contribution is -2.39. The molecule has 1 aromatic rings. The van der Waals surface area contributed by atoms with Crippen LogP contribution in [0.3, 0.4) is 0 Å². The summed E-state index contributed by atoms with van der Waals surface area (Å²) in [6, 6.07) is 1.57. The van der Waals surface area contributed by atoms with Gasteiger partial charge in [-0.2, -0.15) is 0 Å². The van der Waals surface area contributed by atoms with E-state index in [-0.39, 0.29) is 22.9 Å². The largest absolute Gasteiger partial charge is 0.343 e. The van der Waals surface area contributed by atoms with Crippen molar-refractivity contribution < 1.29 is 4.79 Å². The first-order valence-electron chi connectivity index (χ1n) is 8.80. The molecule has 2 aliphatic heterocycles. The van der Waals surface area contributed by atoms with Crippen LogP contribution in [0.4, 0.5) is 0 Å². The summed E-state index contributed by atoms with van der Waals surface area (Å²) < 4.78 is 1.73. The van der Waals surface area contributed by atoms with Gasteiger partial charge in [0.2, 0.25) is 5.91 Å². The lowest BCUT2D eigenvalue weighted by molar-refractivity contribution is -0.133. The number of hydrogen-bond acceptors (Lipinski definition) is 4. The van der Waals surface area contributed by atoms with E-state index in [2.05, 4.69) is 32.7 Å². The van der Waals surface area contributed by atoms with Crippen LogP contribution in [0.15, 0.2) is 16.0 Å². The van der Waals surface area contributed by atoms with Crippen molar-refractivity contribution >= 4 is 17.7 Å². The minimum atomic E-state index is -0.145. The molecule has 3 rings (SSSR count). The molecule has 1 saturated heterocycles. The summed E-state index contributed by atoms with van der Waals surface area (Å²) in [4.78, 5) is 31.8. The van der Waals surface area contributed by atoms with E-state index >= 15 is 0 Å². The Bertz CT molecular complexity index is 684. The van der Waals surface area contributed by atoms with Gasteiger partial charge in [-0.3, -0.25) is 14.2 Å². The van der Waals surface area contributed by atoms with Gasteiger partial charge < -0.3 is 4.90 Å². The number of nitrogens with zero attached hydrogens (tertiary/aromatic N) is 3. The number of hydrogen-bond donors (Lipinski definition) is 0. The molecule has 3 heterocycles. The number of amides is 1. The van der Waals surface area contributed by atoms with Crippen molar-refractivity contribution in [1.29, 1.82) is 0 Å². The van der Waals surface area contributed by atoms with Gasteiger partial charge >= 0.3 is 0 Å². The van der Waals surface area contributed by atoms with Crippen molar-refractivity contribution in [3.05, 3.63) is 22.1 Å². The SMILES string of the molecule is CC1CCN(C(=O)CC2CSc3nc(C(C)(C)C)cc(=O)n32)CC1. The lowest BCUT2D eigenvalue weighted by atomic mass is 9.92. The van der Waals surface area contributed by atoms with Gasteiger partial charge in [-0.05, 0) is 18.8 Å². The van der Waals surface area contributed by atoms with Crippen LogP contribution < -0.4 is 5.56 Å². The second-order valence-electron chi connectivity index (χ2n) is 8.11. The molecule has 0 N–H and O–H groups in total. The summed E-state index contributed by atoms with van der Waals surface area (Å²) in [5.74, 6) is 1.64. The van der Waals surface area contributed by atoms with Crippen LogP contribution in [0.2, 0.25) is 0 Å². The molecule has 1 fully saturated rings. The second kappa shape index (κ2) is 6.54. The smallest absolute Gasteiger partial charge is 0.254 e. The van der Waals surface area contributed by atoms with Gasteiger partial charge in [0, 0.05) is 36.7 Å². The summed E-state index contributed by atoms with van der Waals surface area (Å²) in [6.07, 6.45) is 2.57. The summed E-state index contributed by atoms with van der Waals surface area (Å²) in [7, 11) is 0. The normalized spacial score (nSPS) is 21.8. The number of rotatable bonds is 2. The molecule has 0 spiro atoms. The highest BCUT2D eigenvalue weighted by molar-refractivity contribution is 7.99. The van der Waals surface area contributed by atoms with Gasteiger partial charge in [-0.15, -0.1) is 0 Å². The third-order valence-electron chi connectivity index (χ3n) is 5.00. The highest BCUT2D eigenvalue weighted by atomic mass is 32.2. The average molecular weight is 350 g/mol. The van der Waals surface area contributed by atoms with E-state index in [4.69, 9.17) is 0 Å². The lowest BCUT2D eigenvalue weighted by Gasteiger charge is -2.31. The van der Waals surface area contributed by atoms with Crippen LogP contribution >= 0.6 is 11.8 Å². The Morgan fingerprint density at radius 1 is 1.33 bits per heavy atom. The predicted molar refractivity (Wildman–Crippen MR) is 96.6 cm³/mol. The maximum atomic E-state index is 12.6. The van der Waals surface area contributed by atoms with Gasteiger partial charge in [0.15, 0.2) is 5.16 Å². The molecule has 132 valence electrons. The van der Waals surface area contributed by atoms with Crippen molar-refractivity contribution in [2.75, 3.05) is 18.8 Å². The molecule has 0 aromatic carbocycles. The van der Waals surface area contributed by atoms with Crippen molar-refractivity contribution in [3.63, 3.8) is 0 Å². The fourth-order valence-electron chi connectivity index (χ4n) is 3.28. The van der Waals surface area contributed by atoms with Gasteiger partial charge in [0.1, 0.15) is 0 Å². The molecule has 1 unspecified atom stereocenters. The van der Waals surface area contributed by atoms with Gasteiger partial charge in [-0.25, -0.2) is 4.98 Å². The summed E-state index contributed by atoms with van der Waals surface area (Å²) in [5, 5.41) is 0.762. The number of fused-ring (bicyclic) bond motifs is 1. The Balaban J connectivity index is 1.75. The molecular weight excluding hydrogens is 322 g/mol. The molecule has 0 aliphatic carbocycles. The molecule has 0 bridgehead atoms. The Morgan fingerprint density at radius 3 is 2.62 bits per heavy atom. The quantitative estimate of drug-likeness (QED) is 0.771. The molecular formula is C18H27N3O2S. The van der Waals surface area contributed by atoms with Crippen LogP contribution in [0.1, 0.15) is 58.7 Å². The van der Waals surface area contributed by atoms with Crippen molar-refractivity contribution in [1.82, 2.24) is 14.5 Å². The Morgan fingerprint density at radius 2 is 2.00 bits per heavy atom. The molecule has 6 heteroatoms. The Labute approximate surface area is 147 Å². The van der Waals surface area contributed by atoms with Crippen LogP contribution in [0.5, 0.6) is 0 Å². The van der Waals surface area contributed by atoms with E-state index in [0.29, 0.717) is 12.3 Å². The van der Waals surface area contributed by atoms with E-state index < -0.39 is 0 Å². The molecule has 2 aliphatic rings. The van der Waals surface area contributed by atoms with Crippen molar-refractivity contribution in [2.24, 2.45) is 5.92 Å². The highest BCUT2D eigenvalue weighted by Crippen LogP contribution is 2.34. The molecule has 1 amide bonds. The van der Waals surface area contributed by atoms with E-state index in [1.807, 2.05) is 4.90 Å². The minimum Gasteiger partial charge on any atom is -0.343 e. The highest BCUT2D eigenvalue weighted by Gasteiger charge is 2.31. The Hall–Kier alpha value is -1.30. The Kier molecular flexibility index (Phi) is 4.78. The number of carbonyl (C=O) groups excluding carboxylic acids is 1. The number of likely N-dealkylation sites (tertiary alicyclic amines) is 1. The fraction of sp³-hybridized carbons (Fsp3) is 0.722. The van der Waals surface area contributed by atoms with Crippen molar-refractivity contribution in [3.8, 4) is 0 Å². The molecule has 0 saturated carbocycles. The number of carbonyl (C=O) groups is 1. The fourth-order valence-corrected chi connectivity index (χ4v) is 4.43. The number of piperidine rings is 1. The standard InChI is InChI=1S/C18H27N3O2S/c1-12-5-7-20(8-6-12)15(22)9-13-11-24-17-19-14(18(2,3)4)10-16(23)21(13)17/h10,12-13H,5-9,11H2,1-4H3. The van der Waals surface area contributed by atoms with Crippen molar-refractivity contribution in [2.45, 2.75) is 63.6 Å². The molecule has 1 aromatic heterocycles. The number of thioether (sulfide) groups is 1. The van der Waals surface area contributed by atoms with Crippen LogP contribution in [0.25, 0.3) is 0 Å². The zero-order chi connectivity index (χ0) is 17.5. The van der Waals surface area contributed by atoms with E-state index in [0.717, 1.165) is 42.5 Å². The first-order valence-corrected chi connectivity index (χ1v) is 9.79. The summed E-state index contributed by atoms with van der Waals surface area (Å²) in [6.45, 7) is 10.1. The van der Waals surface area contributed by atoms with Gasteiger partial charge in [-0.1, -0.05) is 39.5 Å². The van der Waals surface area contributed by atoms with Gasteiger partial charge in [0.05, 0.1) is 11.7 Å². The van der Waals surface area contributed by atoms with E-state index in [1.54, 1.807) is 22.4 Å². The molecule has 24 heavy (non-hydrogen) atoms. The first-order chi connectivity index (χ1) is 11.3. The zero-order valence-electron chi connectivity index (χ0n) is 15.0. The van der Waals surface area contributed by atoms with E-state index in [9.17, 15) is 9.59 Å². The molecule has 5 nitrogen and oxygen atoms in total. The zero-order valence-corrected chi connectivity index (χ0v) is 15.9. The van der Waals surface area contributed by atoms with Crippen LogP contribution in [-0.4, -0.2) is 39.2 Å². The second-order valence-corrected chi connectivity index (χ2v) is 9.10. The first kappa shape index (κ1) is 17.5. The third kappa shape index (κ3) is 3.53.